The molecule has 6 nitrogen and oxygen atoms in total. The Labute approximate surface area is 128 Å². The minimum atomic E-state index is -3.83. The third kappa shape index (κ3) is 3.20. The van der Waals surface area contributed by atoms with Gasteiger partial charge in [0.15, 0.2) is 0 Å². The van der Waals surface area contributed by atoms with E-state index < -0.39 is 16.0 Å². The number of carboxylic acids is 1. The van der Waals surface area contributed by atoms with Gasteiger partial charge in [0.2, 0.25) is 0 Å². The van der Waals surface area contributed by atoms with Crippen LogP contribution in [0.1, 0.15) is 15.9 Å². The van der Waals surface area contributed by atoms with E-state index in [0.717, 1.165) is 0 Å². The van der Waals surface area contributed by atoms with E-state index in [1.54, 1.807) is 25.1 Å². The van der Waals surface area contributed by atoms with Crippen molar-refractivity contribution < 1.29 is 23.1 Å². The lowest BCUT2D eigenvalue weighted by atomic mass is 10.1. The van der Waals surface area contributed by atoms with Crippen LogP contribution in [0.25, 0.3) is 0 Å². The Balaban J connectivity index is 2.39. The number of hydrogen-bond acceptors (Lipinski definition) is 4. The van der Waals surface area contributed by atoms with Gasteiger partial charge in [0.05, 0.1) is 18.4 Å². The van der Waals surface area contributed by atoms with Crippen LogP contribution in [-0.4, -0.2) is 26.6 Å². The molecule has 2 rings (SSSR count). The largest absolute Gasteiger partial charge is 0.495 e. The molecule has 0 unspecified atom stereocenters. The Kier molecular flexibility index (Phi) is 4.37. The molecule has 0 atom stereocenters. The lowest BCUT2D eigenvalue weighted by Crippen LogP contribution is -2.15. The predicted octanol–water partition coefficient (Wildman–Crippen LogP) is 2.50. The van der Waals surface area contributed by atoms with E-state index >= 15 is 0 Å². The second kappa shape index (κ2) is 6.07. The zero-order valence-corrected chi connectivity index (χ0v) is 12.8. The van der Waals surface area contributed by atoms with Gasteiger partial charge < -0.3 is 9.84 Å². The highest BCUT2D eigenvalue weighted by Gasteiger charge is 2.20. The Morgan fingerprint density at radius 3 is 2.45 bits per heavy atom. The van der Waals surface area contributed by atoms with Crippen molar-refractivity contribution in [2.75, 3.05) is 11.8 Å². The molecule has 0 spiro atoms. The number of rotatable bonds is 5. The molecule has 2 N–H and O–H groups in total. The number of aromatic carboxylic acids is 1. The van der Waals surface area contributed by atoms with E-state index in [1.165, 1.54) is 31.4 Å². The van der Waals surface area contributed by atoms with E-state index in [9.17, 15) is 13.2 Å². The molecule has 0 aliphatic carbocycles. The van der Waals surface area contributed by atoms with Gasteiger partial charge in [-0.25, -0.2) is 13.2 Å². The summed E-state index contributed by atoms with van der Waals surface area (Å²) in [5.74, 6) is -0.836. The lowest BCUT2D eigenvalue weighted by Gasteiger charge is -2.13. The normalized spacial score (nSPS) is 11.0. The van der Waals surface area contributed by atoms with Crippen molar-refractivity contribution in [2.45, 2.75) is 11.8 Å². The van der Waals surface area contributed by atoms with E-state index in [0.29, 0.717) is 11.3 Å². The van der Waals surface area contributed by atoms with Crippen molar-refractivity contribution >= 4 is 21.7 Å². The van der Waals surface area contributed by atoms with Crippen molar-refractivity contribution in [1.29, 1.82) is 0 Å². The van der Waals surface area contributed by atoms with Crippen LogP contribution in [-0.2, 0) is 10.0 Å². The zero-order valence-electron chi connectivity index (χ0n) is 12.0. The number of para-hydroxylation sites is 1. The number of hydrogen-bond donors (Lipinski definition) is 2. The molecule has 0 aliphatic rings. The molecular formula is C15H15NO5S. The molecule has 2 aromatic carbocycles. The van der Waals surface area contributed by atoms with E-state index in [4.69, 9.17) is 9.84 Å². The van der Waals surface area contributed by atoms with Crippen LogP contribution in [0.15, 0.2) is 47.4 Å². The zero-order chi connectivity index (χ0) is 16.3. The molecule has 0 fully saturated rings. The molecule has 0 saturated heterocycles. The van der Waals surface area contributed by atoms with Crippen molar-refractivity contribution in [1.82, 2.24) is 0 Å². The number of methoxy groups -OCH3 is 1. The van der Waals surface area contributed by atoms with E-state index in [-0.39, 0.29) is 16.2 Å². The van der Waals surface area contributed by atoms with Gasteiger partial charge in [0.25, 0.3) is 10.0 Å². The molecular weight excluding hydrogens is 306 g/mol. The first-order valence-corrected chi connectivity index (χ1v) is 7.83. The quantitative estimate of drug-likeness (QED) is 0.882. The highest BCUT2D eigenvalue weighted by atomic mass is 32.2. The molecule has 2 aromatic rings. The summed E-state index contributed by atoms with van der Waals surface area (Å²) < 4.78 is 32.4. The predicted molar refractivity (Wildman–Crippen MR) is 81.9 cm³/mol. The summed E-state index contributed by atoms with van der Waals surface area (Å²) in [5.41, 5.74) is 0.923. The fourth-order valence-electron chi connectivity index (χ4n) is 1.95. The summed E-state index contributed by atoms with van der Waals surface area (Å²) in [4.78, 5) is 10.9. The van der Waals surface area contributed by atoms with Gasteiger partial charge in [-0.15, -0.1) is 0 Å². The van der Waals surface area contributed by atoms with Crippen LogP contribution >= 0.6 is 0 Å². The summed E-state index contributed by atoms with van der Waals surface area (Å²) >= 11 is 0. The summed E-state index contributed by atoms with van der Waals surface area (Å²) in [6.07, 6.45) is 0. The number of ether oxygens (including phenoxy) is 1. The van der Waals surface area contributed by atoms with Crippen LogP contribution in [0, 0.1) is 6.92 Å². The number of carboxylic acid groups (broad SMARTS) is 1. The first-order chi connectivity index (χ1) is 10.3. The second-order valence-corrected chi connectivity index (χ2v) is 6.24. The third-order valence-corrected chi connectivity index (χ3v) is 4.48. The molecule has 0 bridgehead atoms. The maximum absolute atomic E-state index is 12.4. The standard InChI is InChI=1S/C15H15NO5S/c1-10-9-11(15(17)18)7-8-12(10)16-22(19,20)14-6-4-3-5-13(14)21-2/h3-9,16H,1-2H3,(H,17,18). The molecule has 7 heteroatoms. The van der Waals surface area contributed by atoms with Gasteiger partial charge in [-0.1, -0.05) is 12.1 Å². The van der Waals surface area contributed by atoms with Crippen molar-refractivity contribution in [3.05, 3.63) is 53.6 Å². The lowest BCUT2D eigenvalue weighted by molar-refractivity contribution is 0.0697. The molecule has 0 aromatic heterocycles. The Bertz CT molecular complexity index is 814. The summed E-state index contributed by atoms with van der Waals surface area (Å²) in [7, 11) is -2.44. The first-order valence-electron chi connectivity index (χ1n) is 6.35. The van der Waals surface area contributed by atoms with Crippen molar-refractivity contribution in [3.8, 4) is 5.75 Å². The van der Waals surface area contributed by atoms with Crippen LogP contribution < -0.4 is 9.46 Å². The molecule has 0 aliphatic heterocycles. The number of benzene rings is 2. The van der Waals surface area contributed by atoms with Gasteiger partial charge in [-0.05, 0) is 42.8 Å². The number of anilines is 1. The molecule has 0 heterocycles. The molecule has 0 saturated carbocycles. The Morgan fingerprint density at radius 2 is 1.86 bits per heavy atom. The van der Waals surface area contributed by atoms with Gasteiger partial charge in [0.1, 0.15) is 10.6 Å². The fourth-order valence-corrected chi connectivity index (χ4v) is 3.25. The van der Waals surface area contributed by atoms with Crippen LogP contribution in [0.3, 0.4) is 0 Å². The molecule has 116 valence electrons. The minimum absolute atomic E-state index is 0.0132. The number of nitrogens with one attached hydrogen (secondary N) is 1. The minimum Gasteiger partial charge on any atom is -0.495 e. The Morgan fingerprint density at radius 1 is 1.18 bits per heavy atom. The molecule has 22 heavy (non-hydrogen) atoms. The van der Waals surface area contributed by atoms with Crippen LogP contribution in [0.4, 0.5) is 5.69 Å². The van der Waals surface area contributed by atoms with Gasteiger partial charge in [-0.3, -0.25) is 4.72 Å². The van der Waals surface area contributed by atoms with Gasteiger partial charge in [-0.2, -0.15) is 0 Å². The fraction of sp³-hybridized carbons (Fsp3) is 0.133. The topological polar surface area (TPSA) is 92.7 Å². The maximum atomic E-state index is 12.4. The smallest absolute Gasteiger partial charge is 0.335 e. The molecule has 0 radical (unpaired) electrons. The van der Waals surface area contributed by atoms with Crippen molar-refractivity contribution in [2.24, 2.45) is 0 Å². The summed E-state index contributed by atoms with van der Waals surface area (Å²) in [5, 5.41) is 8.92. The van der Waals surface area contributed by atoms with Gasteiger partial charge >= 0.3 is 5.97 Å². The maximum Gasteiger partial charge on any atom is 0.335 e. The molecule has 0 amide bonds. The van der Waals surface area contributed by atoms with Crippen LogP contribution in [0.2, 0.25) is 0 Å². The number of carbonyl (C=O) groups is 1. The highest BCUT2D eigenvalue weighted by Crippen LogP contribution is 2.26. The highest BCUT2D eigenvalue weighted by molar-refractivity contribution is 7.92. The number of aryl methyl sites for hydroxylation is 1. The first kappa shape index (κ1) is 15.8. The summed E-state index contributed by atoms with van der Waals surface area (Å²) in [6.45, 7) is 1.63. The number of sulfonamides is 1. The average Bonchev–Trinajstić information content (AvgIpc) is 2.49. The van der Waals surface area contributed by atoms with Crippen LogP contribution in [0.5, 0.6) is 5.75 Å². The third-order valence-electron chi connectivity index (χ3n) is 3.08. The van der Waals surface area contributed by atoms with E-state index in [1.807, 2.05) is 0 Å². The monoisotopic (exact) mass is 321 g/mol. The van der Waals surface area contributed by atoms with Gasteiger partial charge in [0, 0.05) is 0 Å². The second-order valence-electron chi connectivity index (χ2n) is 4.59. The Hall–Kier alpha value is -2.54. The van der Waals surface area contributed by atoms with E-state index in [2.05, 4.69) is 4.72 Å². The van der Waals surface area contributed by atoms with Crippen molar-refractivity contribution in [3.63, 3.8) is 0 Å². The average molecular weight is 321 g/mol. The summed E-state index contributed by atoms with van der Waals surface area (Å²) in [6, 6.07) is 10.4. The SMILES string of the molecule is COc1ccccc1S(=O)(=O)Nc1ccc(C(=O)O)cc1C.